The topological polar surface area (TPSA) is 24.5 Å². The smallest absolute Gasteiger partial charge is 0.0619 e. The highest BCUT2D eigenvalue weighted by atomic mass is 16.5. The average molecular weight is 248 g/mol. The number of hydrogen-bond donors (Lipinski definition) is 1. The quantitative estimate of drug-likeness (QED) is 0.863. The number of nitrogens with one attached hydrogen (secondary N) is 1. The van der Waals surface area contributed by atoms with E-state index in [1.807, 2.05) is 0 Å². The zero-order chi connectivity index (χ0) is 12.8. The van der Waals surface area contributed by atoms with Gasteiger partial charge in [0, 0.05) is 38.3 Å². The van der Waals surface area contributed by atoms with Crippen molar-refractivity contribution >= 4 is 0 Å². The minimum Gasteiger partial charge on any atom is -0.380 e. The molecule has 3 nitrogen and oxygen atoms in total. The summed E-state index contributed by atoms with van der Waals surface area (Å²) in [6.07, 6.45) is 0. The van der Waals surface area contributed by atoms with E-state index >= 15 is 0 Å². The van der Waals surface area contributed by atoms with Crippen molar-refractivity contribution in [2.75, 3.05) is 32.8 Å². The number of ether oxygens (including phenoxy) is 1. The van der Waals surface area contributed by atoms with Crippen molar-refractivity contribution in [2.24, 2.45) is 0 Å². The van der Waals surface area contributed by atoms with Crippen molar-refractivity contribution in [3.8, 4) is 0 Å². The molecule has 18 heavy (non-hydrogen) atoms. The summed E-state index contributed by atoms with van der Waals surface area (Å²) in [6, 6.07) is 11.7. The molecule has 1 saturated heterocycles. The van der Waals surface area contributed by atoms with E-state index in [4.69, 9.17) is 4.74 Å². The molecule has 1 N–H and O–H groups in total. The fourth-order valence-corrected chi connectivity index (χ4v) is 2.62. The Morgan fingerprint density at radius 3 is 2.89 bits per heavy atom. The van der Waals surface area contributed by atoms with Gasteiger partial charge in [0.2, 0.25) is 0 Å². The van der Waals surface area contributed by atoms with Crippen LogP contribution in [0, 0.1) is 0 Å². The molecule has 2 unspecified atom stereocenters. The van der Waals surface area contributed by atoms with E-state index in [1.165, 1.54) is 5.56 Å². The van der Waals surface area contributed by atoms with Crippen LogP contribution in [0.3, 0.4) is 0 Å². The maximum Gasteiger partial charge on any atom is 0.0619 e. The molecule has 0 aromatic heterocycles. The third-order valence-corrected chi connectivity index (χ3v) is 3.60. The van der Waals surface area contributed by atoms with Crippen LogP contribution in [-0.2, 0) is 4.74 Å². The molecule has 2 rings (SSSR count). The van der Waals surface area contributed by atoms with Crippen LogP contribution in [0.4, 0.5) is 0 Å². The SMILES string of the molecule is CCOCC(C)N1CCNCC1c1ccccc1. The molecule has 0 spiro atoms. The van der Waals surface area contributed by atoms with Crippen LogP contribution in [0.2, 0.25) is 0 Å². The Morgan fingerprint density at radius 2 is 2.17 bits per heavy atom. The Balaban J connectivity index is 2.06. The normalized spacial score (nSPS) is 22.9. The Kier molecular flexibility index (Phi) is 5.17. The summed E-state index contributed by atoms with van der Waals surface area (Å²) in [4.78, 5) is 2.56. The van der Waals surface area contributed by atoms with Crippen LogP contribution in [0.1, 0.15) is 25.5 Å². The van der Waals surface area contributed by atoms with E-state index in [0.29, 0.717) is 12.1 Å². The van der Waals surface area contributed by atoms with Gasteiger partial charge in [-0.1, -0.05) is 30.3 Å². The van der Waals surface area contributed by atoms with Crippen LogP contribution >= 0.6 is 0 Å². The van der Waals surface area contributed by atoms with Crippen molar-refractivity contribution in [3.05, 3.63) is 35.9 Å². The van der Waals surface area contributed by atoms with E-state index in [2.05, 4.69) is 54.4 Å². The van der Waals surface area contributed by atoms with Gasteiger partial charge in [0.05, 0.1) is 6.61 Å². The first-order chi connectivity index (χ1) is 8.83. The molecule has 1 aliphatic heterocycles. The Labute approximate surface area is 110 Å². The van der Waals surface area contributed by atoms with Crippen LogP contribution in [0.25, 0.3) is 0 Å². The highest BCUT2D eigenvalue weighted by Crippen LogP contribution is 2.24. The standard InChI is InChI=1S/C15H24N2O/c1-3-18-12-13(2)17-10-9-16-11-15(17)14-7-5-4-6-8-14/h4-8,13,15-16H,3,9-12H2,1-2H3. The molecule has 1 aromatic carbocycles. The second-order valence-corrected chi connectivity index (χ2v) is 4.88. The van der Waals surface area contributed by atoms with Gasteiger partial charge < -0.3 is 10.1 Å². The number of piperazine rings is 1. The van der Waals surface area contributed by atoms with Gasteiger partial charge in [-0.2, -0.15) is 0 Å². The minimum atomic E-state index is 0.468. The van der Waals surface area contributed by atoms with Gasteiger partial charge >= 0.3 is 0 Å². The highest BCUT2D eigenvalue weighted by Gasteiger charge is 2.27. The second kappa shape index (κ2) is 6.88. The van der Waals surface area contributed by atoms with E-state index < -0.39 is 0 Å². The van der Waals surface area contributed by atoms with Gasteiger partial charge in [-0.05, 0) is 19.4 Å². The zero-order valence-corrected chi connectivity index (χ0v) is 11.4. The molecule has 0 saturated carbocycles. The van der Waals surface area contributed by atoms with Crippen molar-refractivity contribution in [2.45, 2.75) is 25.9 Å². The van der Waals surface area contributed by atoms with Crippen molar-refractivity contribution < 1.29 is 4.74 Å². The molecule has 3 heteroatoms. The van der Waals surface area contributed by atoms with E-state index in [9.17, 15) is 0 Å². The van der Waals surface area contributed by atoms with Gasteiger partial charge in [-0.15, -0.1) is 0 Å². The van der Waals surface area contributed by atoms with Gasteiger partial charge in [-0.3, -0.25) is 4.90 Å². The molecule has 0 amide bonds. The predicted molar refractivity (Wildman–Crippen MR) is 74.7 cm³/mol. The van der Waals surface area contributed by atoms with Gasteiger partial charge in [0.15, 0.2) is 0 Å². The maximum atomic E-state index is 5.57. The monoisotopic (exact) mass is 248 g/mol. The summed E-state index contributed by atoms with van der Waals surface area (Å²) < 4.78 is 5.57. The summed E-state index contributed by atoms with van der Waals surface area (Å²) in [5.41, 5.74) is 1.40. The van der Waals surface area contributed by atoms with E-state index in [-0.39, 0.29) is 0 Å². The molecule has 0 radical (unpaired) electrons. The molecule has 100 valence electrons. The fourth-order valence-electron chi connectivity index (χ4n) is 2.62. The third kappa shape index (κ3) is 3.31. The molecular formula is C15H24N2O. The molecule has 1 aliphatic rings. The largest absolute Gasteiger partial charge is 0.380 e. The number of rotatable bonds is 5. The summed E-state index contributed by atoms with van der Waals surface area (Å²) in [6.45, 7) is 9.12. The molecular weight excluding hydrogens is 224 g/mol. The first-order valence-corrected chi connectivity index (χ1v) is 6.92. The van der Waals surface area contributed by atoms with Gasteiger partial charge in [0.1, 0.15) is 0 Å². The Morgan fingerprint density at radius 1 is 1.39 bits per heavy atom. The van der Waals surface area contributed by atoms with Crippen LogP contribution in [0.15, 0.2) is 30.3 Å². The summed E-state index contributed by atoms with van der Waals surface area (Å²) in [7, 11) is 0. The number of hydrogen-bond acceptors (Lipinski definition) is 3. The molecule has 0 bridgehead atoms. The highest BCUT2D eigenvalue weighted by molar-refractivity contribution is 5.20. The molecule has 2 atom stereocenters. The summed E-state index contributed by atoms with van der Waals surface area (Å²) in [5.74, 6) is 0. The average Bonchev–Trinajstić information content (AvgIpc) is 2.45. The fraction of sp³-hybridized carbons (Fsp3) is 0.600. The Bertz CT molecular complexity index is 342. The number of nitrogens with zero attached hydrogens (tertiary/aromatic N) is 1. The molecule has 1 aromatic rings. The lowest BCUT2D eigenvalue weighted by atomic mass is 10.0. The summed E-state index contributed by atoms with van der Waals surface area (Å²) in [5, 5.41) is 3.49. The third-order valence-electron chi connectivity index (χ3n) is 3.60. The van der Waals surface area contributed by atoms with Crippen molar-refractivity contribution in [3.63, 3.8) is 0 Å². The van der Waals surface area contributed by atoms with Crippen molar-refractivity contribution in [1.29, 1.82) is 0 Å². The van der Waals surface area contributed by atoms with Crippen LogP contribution in [-0.4, -0.2) is 43.8 Å². The first-order valence-electron chi connectivity index (χ1n) is 6.92. The van der Waals surface area contributed by atoms with Gasteiger partial charge in [0.25, 0.3) is 0 Å². The molecule has 1 heterocycles. The zero-order valence-electron chi connectivity index (χ0n) is 11.4. The first kappa shape index (κ1) is 13.5. The van der Waals surface area contributed by atoms with Crippen molar-refractivity contribution in [1.82, 2.24) is 10.2 Å². The molecule has 1 fully saturated rings. The Hall–Kier alpha value is -0.900. The number of benzene rings is 1. The summed E-state index contributed by atoms with van der Waals surface area (Å²) >= 11 is 0. The predicted octanol–water partition coefficient (Wildman–Crippen LogP) is 2.06. The second-order valence-electron chi connectivity index (χ2n) is 4.88. The minimum absolute atomic E-state index is 0.468. The lowest BCUT2D eigenvalue weighted by molar-refractivity contribution is 0.0394. The van der Waals surface area contributed by atoms with Crippen LogP contribution < -0.4 is 5.32 Å². The molecule has 0 aliphatic carbocycles. The lowest BCUT2D eigenvalue weighted by Gasteiger charge is -2.40. The van der Waals surface area contributed by atoms with E-state index in [0.717, 1.165) is 32.8 Å². The lowest BCUT2D eigenvalue weighted by Crippen LogP contribution is -2.50. The van der Waals surface area contributed by atoms with Gasteiger partial charge in [-0.25, -0.2) is 0 Å². The van der Waals surface area contributed by atoms with Crippen LogP contribution in [0.5, 0.6) is 0 Å². The van der Waals surface area contributed by atoms with E-state index in [1.54, 1.807) is 0 Å². The maximum absolute atomic E-state index is 5.57.